The van der Waals surface area contributed by atoms with E-state index in [1.807, 2.05) is 34.7 Å². The molecular weight excluding hydrogens is 253 g/mol. The first-order valence-corrected chi connectivity index (χ1v) is 4.16. The zero-order valence-electron chi connectivity index (χ0n) is 5.71. The van der Waals surface area contributed by atoms with Crippen LogP contribution in [0.15, 0.2) is 18.2 Å². The summed E-state index contributed by atoms with van der Waals surface area (Å²) in [5.41, 5.74) is 0.852. The second-order valence-corrected chi connectivity index (χ2v) is 3.28. The number of hydrogen-bond donors (Lipinski definition) is 1. The van der Waals surface area contributed by atoms with Gasteiger partial charge in [-0.1, -0.05) is 6.07 Å². The van der Waals surface area contributed by atoms with Gasteiger partial charge in [0, 0.05) is 0 Å². The Labute approximate surface area is 78.6 Å². The van der Waals surface area contributed by atoms with Crippen LogP contribution in [0, 0.1) is 14.9 Å². The van der Waals surface area contributed by atoms with Gasteiger partial charge < -0.3 is 5.11 Å². The average molecular weight is 259 g/mol. The Kier molecular flexibility index (Phi) is 2.71. The summed E-state index contributed by atoms with van der Waals surface area (Å²) in [7, 11) is 0. The van der Waals surface area contributed by atoms with E-state index in [0.29, 0.717) is 6.42 Å². The number of phenolic OH excluding ortho intramolecular Hbond substituents is 1. The fraction of sp³-hybridized carbons (Fsp3) is 0.125. The predicted octanol–water partition coefficient (Wildman–Crippen LogP) is 2.06. The molecule has 0 atom stereocenters. The normalized spacial score (nSPS) is 9.09. The molecule has 0 amide bonds. The molecule has 0 radical (unpaired) electrons. The first-order valence-electron chi connectivity index (χ1n) is 3.08. The lowest BCUT2D eigenvalue weighted by atomic mass is 10.2. The summed E-state index contributed by atoms with van der Waals surface area (Å²) in [5, 5.41) is 17.6. The number of hydrogen-bond acceptors (Lipinski definition) is 2. The van der Waals surface area contributed by atoms with E-state index < -0.39 is 0 Å². The van der Waals surface area contributed by atoms with Gasteiger partial charge >= 0.3 is 0 Å². The quantitative estimate of drug-likeness (QED) is 0.784. The Morgan fingerprint density at radius 1 is 1.55 bits per heavy atom. The summed E-state index contributed by atoms with van der Waals surface area (Å²) in [6, 6.07) is 7.27. The lowest BCUT2D eigenvalue weighted by Crippen LogP contribution is -1.81. The van der Waals surface area contributed by atoms with Crippen molar-refractivity contribution in [2.24, 2.45) is 0 Å². The van der Waals surface area contributed by atoms with Crippen LogP contribution < -0.4 is 0 Å². The highest BCUT2D eigenvalue weighted by Gasteiger charge is 1.97. The summed E-state index contributed by atoms with van der Waals surface area (Å²) >= 11 is 2.04. The smallest absolute Gasteiger partial charge is 0.129 e. The molecule has 3 heteroatoms. The van der Waals surface area contributed by atoms with Gasteiger partial charge in [0.2, 0.25) is 0 Å². The topological polar surface area (TPSA) is 44.0 Å². The fourth-order valence-corrected chi connectivity index (χ4v) is 1.09. The van der Waals surface area contributed by atoms with Crippen LogP contribution in [0.25, 0.3) is 0 Å². The first kappa shape index (κ1) is 8.34. The molecule has 0 fully saturated rings. The third kappa shape index (κ3) is 2.09. The van der Waals surface area contributed by atoms with Crippen LogP contribution in [0.2, 0.25) is 0 Å². The SMILES string of the molecule is N#CCc1ccc(I)c(O)c1. The molecule has 1 aromatic rings. The van der Waals surface area contributed by atoms with E-state index in [2.05, 4.69) is 0 Å². The van der Waals surface area contributed by atoms with Crippen molar-refractivity contribution >= 4 is 22.6 Å². The zero-order chi connectivity index (χ0) is 8.27. The van der Waals surface area contributed by atoms with Gasteiger partial charge in [-0.2, -0.15) is 5.26 Å². The molecule has 0 saturated heterocycles. The van der Waals surface area contributed by atoms with Crippen molar-refractivity contribution in [3.8, 4) is 11.8 Å². The number of aromatic hydroxyl groups is 1. The molecule has 0 aliphatic heterocycles. The van der Waals surface area contributed by atoms with Gasteiger partial charge in [-0.3, -0.25) is 0 Å². The number of nitrogens with zero attached hydrogens (tertiary/aromatic N) is 1. The molecule has 0 aliphatic rings. The van der Waals surface area contributed by atoms with Crippen LogP contribution in [-0.2, 0) is 6.42 Å². The molecule has 0 spiro atoms. The van der Waals surface area contributed by atoms with Crippen LogP contribution in [0.4, 0.5) is 0 Å². The minimum atomic E-state index is 0.248. The Bertz CT molecular complexity index is 303. The van der Waals surface area contributed by atoms with Crippen molar-refractivity contribution < 1.29 is 5.11 Å². The van der Waals surface area contributed by atoms with Gasteiger partial charge in [-0.25, -0.2) is 0 Å². The van der Waals surface area contributed by atoms with Gasteiger partial charge in [-0.15, -0.1) is 0 Å². The standard InChI is InChI=1S/C8H6INO/c9-7-2-1-6(3-4-10)5-8(7)11/h1-2,5,11H,3H2. The molecule has 0 bridgehead atoms. The van der Waals surface area contributed by atoms with E-state index in [-0.39, 0.29) is 5.75 Å². The molecule has 11 heavy (non-hydrogen) atoms. The number of rotatable bonds is 1. The summed E-state index contributed by atoms with van der Waals surface area (Å²) < 4.78 is 0.810. The van der Waals surface area contributed by atoms with E-state index in [4.69, 9.17) is 5.26 Å². The van der Waals surface area contributed by atoms with Crippen LogP contribution in [0.1, 0.15) is 5.56 Å². The molecule has 0 aliphatic carbocycles. The molecule has 0 heterocycles. The number of phenols is 1. The lowest BCUT2D eigenvalue weighted by Gasteiger charge is -1.97. The van der Waals surface area contributed by atoms with Crippen molar-refractivity contribution in [3.63, 3.8) is 0 Å². The minimum Gasteiger partial charge on any atom is -0.507 e. The van der Waals surface area contributed by atoms with Crippen LogP contribution >= 0.6 is 22.6 Å². The van der Waals surface area contributed by atoms with Crippen molar-refractivity contribution in [2.75, 3.05) is 0 Å². The summed E-state index contributed by atoms with van der Waals surface area (Å²) in [5.74, 6) is 0.248. The maximum atomic E-state index is 9.21. The van der Waals surface area contributed by atoms with E-state index in [1.165, 1.54) is 0 Å². The van der Waals surface area contributed by atoms with Crippen LogP contribution in [0.3, 0.4) is 0 Å². The Morgan fingerprint density at radius 2 is 2.27 bits per heavy atom. The molecule has 1 N–H and O–H groups in total. The van der Waals surface area contributed by atoms with Crippen molar-refractivity contribution in [1.82, 2.24) is 0 Å². The summed E-state index contributed by atoms with van der Waals surface area (Å²) in [4.78, 5) is 0. The maximum absolute atomic E-state index is 9.21. The highest BCUT2D eigenvalue weighted by molar-refractivity contribution is 14.1. The largest absolute Gasteiger partial charge is 0.507 e. The molecular formula is C8H6INO. The van der Waals surface area contributed by atoms with Gasteiger partial charge in [0.25, 0.3) is 0 Å². The van der Waals surface area contributed by atoms with E-state index >= 15 is 0 Å². The molecule has 0 unspecified atom stereocenters. The number of nitriles is 1. The molecule has 56 valence electrons. The van der Waals surface area contributed by atoms with Crippen LogP contribution in [0.5, 0.6) is 5.75 Å². The van der Waals surface area contributed by atoms with Crippen molar-refractivity contribution in [2.45, 2.75) is 6.42 Å². The van der Waals surface area contributed by atoms with Crippen molar-refractivity contribution in [1.29, 1.82) is 5.26 Å². The van der Waals surface area contributed by atoms with Gasteiger partial charge in [0.15, 0.2) is 0 Å². The molecule has 1 rings (SSSR count). The second kappa shape index (κ2) is 3.58. The van der Waals surface area contributed by atoms with E-state index in [1.54, 1.807) is 12.1 Å². The van der Waals surface area contributed by atoms with E-state index in [9.17, 15) is 5.11 Å². The average Bonchev–Trinajstić information content (AvgIpc) is 1.98. The van der Waals surface area contributed by atoms with E-state index in [0.717, 1.165) is 9.13 Å². The number of halogens is 1. The van der Waals surface area contributed by atoms with Crippen molar-refractivity contribution in [3.05, 3.63) is 27.3 Å². The lowest BCUT2D eigenvalue weighted by molar-refractivity contribution is 0.471. The highest BCUT2D eigenvalue weighted by Crippen LogP contribution is 2.20. The van der Waals surface area contributed by atoms with Gasteiger partial charge in [0.05, 0.1) is 16.1 Å². The third-order valence-corrected chi connectivity index (χ3v) is 2.21. The monoisotopic (exact) mass is 259 g/mol. The molecule has 1 aromatic carbocycles. The third-order valence-electron chi connectivity index (χ3n) is 1.29. The second-order valence-electron chi connectivity index (χ2n) is 2.12. The maximum Gasteiger partial charge on any atom is 0.129 e. The van der Waals surface area contributed by atoms with Gasteiger partial charge in [-0.05, 0) is 40.3 Å². The highest BCUT2D eigenvalue weighted by atomic mass is 127. The molecule has 0 saturated carbocycles. The van der Waals surface area contributed by atoms with Gasteiger partial charge in [0.1, 0.15) is 5.75 Å². The predicted molar refractivity (Wildman–Crippen MR) is 50.1 cm³/mol. The zero-order valence-corrected chi connectivity index (χ0v) is 7.87. The Hall–Kier alpha value is -0.760. The Balaban J connectivity index is 2.98. The fourth-order valence-electron chi connectivity index (χ4n) is 0.759. The minimum absolute atomic E-state index is 0.248. The first-order chi connectivity index (χ1) is 5.24. The summed E-state index contributed by atoms with van der Waals surface area (Å²) in [6.45, 7) is 0. The molecule has 0 aromatic heterocycles. The Morgan fingerprint density at radius 3 is 2.82 bits per heavy atom. The number of benzene rings is 1. The summed E-state index contributed by atoms with van der Waals surface area (Å²) in [6.07, 6.45) is 0.352. The molecule has 2 nitrogen and oxygen atoms in total. The van der Waals surface area contributed by atoms with Crippen LogP contribution in [-0.4, -0.2) is 5.11 Å².